The zero-order valence-electron chi connectivity index (χ0n) is 13.1. The van der Waals surface area contributed by atoms with Crippen molar-refractivity contribution in [2.45, 2.75) is 32.1 Å². The van der Waals surface area contributed by atoms with E-state index in [-0.39, 0.29) is 5.91 Å². The number of hydrogen-bond donors (Lipinski definition) is 2. The van der Waals surface area contributed by atoms with Gasteiger partial charge in [0.2, 0.25) is 5.91 Å². The lowest BCUT2D eigenvalue weighted by molar-refractivity contribution is -0.145. The molecule has 0 bridgehead atoms. The first-order valence-electron chi connectivity index (χ1n) is 8.20. The Morgan fingerprint density at radius 2 is 2.13 bits per heavy atom. The highest BCUT2D eigenvalue weighted by Gasteiger charge is 2.27. The minimum absolute atomic E-state index is 0.0794. The molecule has 0 saturated carbocycles. The largest absolute Gasteiger partial charge is 0.481 e. The van der Waals surface area contributed by atoms with Gasteiger partial charge in [0.15, 0.2) is 0 Å². The Morgan fingerprint density at radius 1 is 1.30 bits per heavy atom. The highest BCUT2D eigenvalue weighted by molar-refractivity contribution is 5.83. The van der Waals surface area contributed by atoms with E-state index in [0.29, 0.717) is 25.9 Å². The zero-order valence-corrected chi connectivity index (χ0v) is 13.1. The number of carbonyl (C=O) groups excluding carboxylic acids is 1. The molecule has 0 unspecified atom stereocenters. The molecule has 1 saturated heterocycles. The van der Waals surface area contributed by atoms with Gasteiger partial charge < -0.3 is 15.0 Å². The number of aromatic amines is 1. The first-order chi connectivity index (χ1) is 11.1. The molecule has 1 amide bonds. The molecule has 1 aliphatic heterocycles. The Morgan fingerprint density at radius 3 is 2.96 bits per heavy atom. The molecule has 1 fully saturated rings. The highest BCUT2D eigenvalue weighted by Crippen LogP contribution is 2.21. The average molecular weight is 314 g/mol. The number of benzene rings is 1. The molecule has 0 aliphatic carbocycles. The third kappa shape index (κ3) is 3.55. The molecule has 0 radical (unpaired) electrons. The topological polar surface area (TPSA) is 73.4 Å². The van der Waals surface area contributed by atoms with Crippen molar-refractivity contribution in [2.24, 2.45) is 5.92 Å². The molecule has 1 atom stereocenters. The summed E-state index contributed by atoms with van der Waals surface area (Å²) in [4.78, 5) is 28.3. The summed E-state index contributed by atoms with van der Waals surface area (Å²) < 4.78 is 0. The number of nitrogens with one attached hydrogen (secondary N) is 1. The van der Waals surface area contributed by atoms with Crippen LogP contribution in [0.5, 0.6) is 0 Å². The number of aryl methyl sites for hydroxylation is 1. The van der Waals surface area contributed by atoms with Crippen LogP contribution in [0.25, 0.3) is 10.9 Å². The number of H-pyrrole nitrogens is 1. The van der Waals surface area contributed by atoms with Crippen LogP contribution in [0.4, 0.5) is 0 Å². The number of likely N-dealkylation sites (tertiary alicyclic amines) is 1. The molecule has 23 heavy (non-hydrogen) atoms. The normalized spacial score (nSPS) is 18.3. The van der Waals surface area contributed by atoms with E-state index >= 15 is 0 Å². The van der Waals surface area contributed by atoms with Crippen LogP contribution in [0.1, 0.15) is 31.2 Å². The third-order valence-corrected chi connectivity index (χ3v) is 4.64. The summed E-state index contributed by atoms with van der Waals surface area (Å²) in [6.07, 6.45) is 5.59. The quantitative estimate of drug-likeness (QED) is 0.891. The number of rotatable bonds is 5. The van der Waals surface area contributed by atoms with Gasteiger partial charge >= 0.3 is 5.97 Å². The van der Waals surface area contributed by atoms with Gasteiger partial charge in [-0.25, -0.2) is 0 Å². The lowest BCUT2D eigenvalue weighted by Crippen LogP contribution is -2.42. The van der Waals surface area contributed by atoms with Gasteiger partial charge in [0, 0.05) is 36.6 Å². The fourth-order valence-electron chi connectivity index (χ4n) is 3.33. The summed E-state index contributed by atoms with van der Waals surface area (Å²) in [5.74, 6) is -1.11. The number of carboxylic acids is 1. The molecule has 1 aliphatic rings. The number of para-hydroxylation sites is 1. The summed E-state index contributed by atoms with van der Waals surface area (Å²) >= 11 is 0. The third-order valence-electron chi connectivity index (χ3n) is 4.64. The predicted octanol–water partition coefficient (Wildman–Crippen LogP) is 2.81. The number of nitrogens with zero attached hydrogens (tertiary/aromatic N) is 1. The van der Waals surface area contributed by atoms with Crippen molar-refractivity contribution in [3.05, 3.63) is 36.0 Å². The van der Waals surface area contributed by atoms with Crippen LogP contribution in [0.2, 0.25) is 0 Å². The van der Waals surface area contributed by atoms with Gasteiger partial charge in [0.25, 0.3) is 0 Å². The summed E-state index contributed by atoms with van der Waals surface area (Å²) in [6.45, 7) is 1.05. The van der Waals surface area contributed by atoms with Gasteiger partial charge in [-0.2, -0.15) is 0 Å². The van der Waals surface area contributed by atoms with E-state index in [1.807, 2.05) is 24.4 Å². The van der Waals surface area contributed by atoms with E-state index in [1.54, 1.807) is 4.90 Å². The molecule has 2 aromatic rings. The van der Waals surface area contributed by atoms with E-state index in [9.17, 15) is 9.59 Å². The van der Waals surface area contributed by atoms with Gasteiger partial charge in [0.1, 0.15) is 0 Å². The van der Waals surface area contributed by atoms with Crippen molar-refractivity contribution in [1.29, 1.82) is 0 Å². The summed E-state index contributed by atoms with van der Waals surface area (Å²) in [5, 5.41) is 10.3. The van der Waals surface area contributed by atoms with Crippen LogP contribution in [0.15, 0.2) is 30.5 Å². The minimum atomic E-state index is -0.790. The minimum Gasteiger partial charge on any atom is -0.481 e. The molecule has 122 valence electrons. The lowest BCUT2D eigenvalue weighted by atomic mass is 9.97. The molecule has 5 nitrogen and oxygen atoms in total. The number of carbonyl (C=O) groups is 2. The zero-order chi connectivity index (χ0) is 16.2. The predicted molar refractivity (Wildman–Crippen MR) is 88.2 cm³/mol. The fraction of sp³-hybridized carbons (Fsp3) is 0.444. The summed E-state index contributed by atoms with van der Waals surface area (Å²) in [6, 6.07) is 8.15. The highest BCUT2D eigenvalue weighted by atomic mass is 16.4. The second kappa shape index (κ2) is 6.86. The summed E-state index contributed by atoms with van der Waals surface area (Å²) in [7, 11) is 0. The van der Waals surface area contributed by atoms with Gasteiger partial charge in [-0.15, -0.1) is 0 Å². The Hall–Kier alpha value is -2.30. The first kappa shape index (κ1) is 15.6. The molecular weight excluding hydrogens is 292 g/mol. The fourth-order valence-corrected chi connectivity index (χ4v) is 3.33. The molecule has 1 aromatic heterocycles. The average Bonchev–Trinajstić information content (AvgIpc) is 2.98. The molecular formula is C18H22N2O3. The van der Waals surface area contributed by atoms with Crippen LogP contribution >= 0.6 is 0 Å². The Bertz CT molecular complexity index is 707. The molecule has 2 N–H and O–H groups in total. The van der Waals surface area contributed by atoms with Crippen molar-refractivity contribution in [3.8, 4) is 0 Å². The van der Waals surface area contributed by atoms with E-state index in [2.05, 4.69) is 11.1 Å². The SMILES string of the molecule is O=C(O)[C@H]1CCCN(C(=O)CCCc2c[nH]c3ccccc23)C1. The van der Waals surface area contributed by atoms with Crippen LogP contribution in [0.3, 0.4) is 0 Å². The van der Waals surface area contributed by atoms with Crippen molar-refractivity contribution >= 4 is 22.8 Å². The van der Waals surface area contributed by atoms with Gasteiger partial charge in [-0.05, 0) is 37.3 Å². The van der Waals surface area contributed by atoms with Crippen molar-refractivity contribution < 1.29 is 14.7 Å². The molecule has 1 aromatic carbocycles. The lowest BCUT2D eigenvalue weighted by Gasteiger charge is -2.30. The number of carboxylic acid groups (broad SMARTS) is 1. The van der Waals surface area contributed by atoms with Gasteiger partial charge in [-0.3, -0.25) is 9.59 Å². The van der Waals surface area contributed by atoms with Crippen LogP contribution in [-0.4, -0.2) is 40.0 Å². The Labute approximate surface area is 135 Å². The molecule has 0 spiro atoms. The molecule has 5 heteroatoms. The standard InChI is InChI=1S/C18H22N2O3/c21-17(20-10-4-6-14(12-20)18(22)23)9-3-5-13-11-19-16-8-2-1-7-15(13)16/h1-2,7-8,11,14,19H,3-6,9-10,12H2,(H,22,23)/t14-/m0/s1. The molecule has 3 rings (SSSR count). The molecule has 2 heterocycles. The monoisotopic (exact) mass is 314 g/mol. The second-order valence-corrected chi connectivity index (χ2v) is 6.23. The van der Waals surface area contributed by atoms with Crippen LogP contribution < -0.4 is 0 Å². The van der Waals surface area contributed by atoms with Crippen molar-refractivity contribution in [2.75, 3.05) is 13.1 Å². The van der Waals surface area contributed by atoms with Crippen molar-refractivity contribution in [3.63, 3.8) is 0 Å². The Balaban J connectivity index is 1.52. The smallest absolute Gasteiger partial charge is 0.308 e. The van der Waals surface area contributed by atoms with E-state index in [4.69, 9.17) is 5.11 Å². The number of aliphatic carboxylic acids is 1. The maximum absolute atomic E-state index is 12.3. The number of fused-ring (bicyclic) bond motifs is 1. The number of amides is 1. The summed E-state index contributed by atoms with van der Waals surface area (Å²) in [5.41, 5.74) is 2.35. The second-order valence-electron chi connectivity index (χ2n) is 6.23. The number of piperidine rings is 1. The van der Waals surface area contributed by atoms with Gasteiger partial charge in [-0.1, -0.05) is 18.2 Å². The van der Waals surface area contributed by atoms with E-state index in [0.717, 1.165) is 24.8 Å². The van der Waals surface area contributed by atoms with Gasteiger partial charge in [0.05, 0.1) is 5.92 Å². The van der Waals surface area contributed by atoms with E-state index < -0.39 is 11.9 Å². The van der Waals surface area contributed by atoms with Crippen molar-refractivity contribution in [1.82, 2.24) is 9.88 Å². The number of aromatic nitrogens is 1. The van der Waals surface area contributed by atoms with E-state index in [1.165, 1.54) is 10.9 Å². The maximum atomic E-state index is 12.3. The first-order valence-corrected chi connectivity index (χ1v) is 8.20. The Kier molecular flexibility index (Phi) is 4.65. The van der Waals surface area contributed by atoms with Crippen LogP contribution in [-0.2, 0) is 16.0 Å². The maximum Gasteiger partial charge on any atom is 0.308 e. The number of hydrogen-bond acceptors (Lipinski definition) is 2. The van der Waals surface area contributed by atoms with Crippen LogP contribution in [0, 0.1) is 5.92 Å².